The van der Waals surface area contributed by atoms with Crippen molar-refractivity contribution in [1.29, 1.82) is 0 Å². The molecule has 5 nitrogen and oxygen atoms in total. The molecule has 0 bridgehead atoms. The summed E-state index contributed by atoms with van der Waals surface area (Å²) >= 11 is 1.36. The number of aromatic amines is 1. The molecule has 1 aliphatic carbocycles. The van der Waals surface area contributed by atoms with Crippen LogP contribution in [0, 0.1) is 0 Å². The maximum absolute atomic E-state index is 13.2. The van der Waals surface area contributed by atoms with E-state index in [1.165, 1.54) is 22.5 Å². The lowest BCUT2D eigenvalue weighted by Gasteiger charge is -2.18. The molecule has 2 aromatic carbocycles. The molecule has 2 heterocycles. The molecule has 2 aromatic heterocycles. The predicted molar refractivity (Wildman–Crippen MR) is 125 cm³/mol. The lowest BCUT2D eigenvalue weighted by molar-refractivity contribution is -0.118. The Morgan fingerprint density at radius 2 is 1.90 bits per heavy atom. The molecule has 0 spiro atoms. The number of para-hydroxylation sites is 1. The summed E-state index contributed by atoms with van der Waals surface area (Å²) in [4.78, 5) is 29.8. The lowest BCUT2D eigenvalue weighted by atomic mass is 10.0. The molecule has 3 N–H and O–H groups in total. The Morgan fingerprint density at radius 1 is 1.03 bits per heavy atom. The second kappa shape index (κ2) is 8.40. The van der Waals surface area contributed by atoms with E-state index in [-0.39, 0.29) is 11.8 Å². The summed E-state index contributed by atoms with van der Waals surface area (Å²) in [6.07, 6.45) is 5.62. The van der Waals surface area contributed by atoms with Crippen molar-refractivity contribution in [3.05, 3.63) is 87.7 Å². The van der Waals surface area contributed by atoms with E-state index in [0.29, 0.717) is 11.3 Å². The molecule has 0 radical (unpaired) electrons. The zero-order valence-electron chi connectivity index (χ0n) is 17.0. The van der Waals surface area contributed by atoms with E-state index in [2.05, 4.69) is 27.8 Å². The van der Waals surface area contributed by atoms with Gasteiger partial charge in [0.15, 0.2) is 0 Å². The van der Waals surface area contributed by atoms with E-state index in [1.54, 1.807) is 6.07 Å². The summed E-state index contributed by atoms with van der Waals surface area (Å²) in [7, 11) is 0. The van der Waals surface area contributed by atoms with Crippen molar-refractivity contribution < 1.29 is 9.59 Å². The summed E-state index contributed by atoms with van der Waals surface area (Å²) in [5.41, 5.74) is 5.45. The second-order valence-electron chi connectivity index (χ2n) is 7.89. The third-order valence-corrected chi connectivity index (χ3v) is 6.70. The number of carbonyl (C=O) groups excluding carboxylic acids is 2. The number of benzene rings is 2. The number of hydrogen-bond donors (Lipinski definition) is 3. The van der Waals surface area contributed by atoms with Crippen LogP contribution in [0.1, 0.15) is 32.8 Å². The second-order valence-corrected chi connectivity index (χ2v) is 8.84. The van der Waals surface area contributed by atoms with Gasteiger partial charge < -0.3 is 15.6 Å². The number of nitrogens with one attached hydrogen (secondary N) is 3. The molecule has 5 rings (SSSR count). The highest BCUT2D eigenvalue weighted by atomic mass is 32.1. The van der Waals surface area contributed by atoms with Crippen LogP contribution in [-0.2, 0) is 24.1 Å². The van der Waals surface area contributed by atoms with Gasteiger partial charge >= 0.3 is 0 Å². The van der Waals surface area contributed by atoms with Gasteiger partial charge in [0.05, 0.1) is 4.88 Å². The van der Waals surface area contributed by atoms with Gasteiger partial charge in [-0.05, 0) is 65.6 Å². The molecule has 1 atom stereocenters. The minimum Gasteiger partial charge on any atom is -0.361 e. The number of H-pyrrole nitrogens is 1. The van der Waals surface area contributed by atoms with Gasteiger partial charge in [-0.3, -0.25) is 9.59 Å². The molecule has 6 heteroatoms. The van der Waals surface area contributed by atoms with Crippen molar-refractivity contribution in [2.75, 3.05) is 5.32 Å². The molecular formula is C25H23N3O2S. The van der Waals surface area contributed by atoms with Gasteiger partial charge in [-0.15, -0.1) is 11.3 Å². The molecule has 4 aromatic rings. The summed E-state index contributed by atoms with van der Waals surface area (Å²) in [6, 6.07) is 17.0. The van der Waals surface area contributed by atoms with Gasteiger partial charge in [-0.2, -0.15) is 0 Å². The van der Waals surface area contributed by atoms with E-state index in [1.807, 2.05) is 48.0 Å². The third kappa shape index (κ3) is 4.11. The largest absolute Gasteiger partial charge is 0.361 e. The molecule has 0 aliphatic heterocycles. The fraction of sp³-hybridized carbons (Fsp3) is 0.200. The Labute approximate surface area is 184 Å². The van der Waals surface area contributed by atoms with Gasteiger partial charge in [-0.1, -0.05) is 30.3 Å². The molecule has 156 valence electrons. The summed E-state index contributed by atoms with van der Waals surface area (Å²) in [6.45, 7) is 0. The van der Waals surface area contributed by atoms with E-state index in [9.17, 15) is 9.59 Å². The smallest absolute Gasteiger partial charge is 0.262 e. The average molecular weight is 430 g/mol. The monoisotopic (exact) mass is 429 g/mol. The summed E-state index contributed by atoms with van der Waals surface area (Å²) in [5.74, 6) is -0.447. The molecule has 1 aliphatic rings. The van der Waals surface area contributed by atoms with Crippen LogP contribution in [-0.4, -0.2) is 22.8 Å². The van der Waals surface area contributed by atoms with Crippen molar-refractivity contribution >= 4 is 39.7 Å². The average Bonchev–Trinajstić information content (AvgIpc) is 3.54. The van der Waals surface area contributed by atoms with E-state index in [0.717, 1.165) is 41.4 Å². The number of anilines is 1. The van der Waals surface area contributed by atoms with Crippen molar-refractivity contribution in [3.8, 4) is 0 Å². The van der Waals surface area contributed by atoms with Crippen LogP contribution in [0.25, 0.3) is 10.9 Å². The first kappa shape index (κ1) is 19.6. The van der Waals surface area contributed by atoms with Crippen molar-refractivity contribution in [3.63, 3.8) is 0 Å². The van der Waals surface area contributed by atoms with Crippen LogP contribution in [0.2, 0.25) is 0 Å². The van der Waals surface area contributed by atoms with Crippen LogP contribution in [0.4, 0.5) is 5.69 Å². The Morgan fingerprint density at radius 3 is 2.77 bits per heavy atom. The number of aromatic nitrogens is 1. The van der Waals surface area contributed by atoms with Crippen molar-refractivity contribution in [2.45, 2.75) is 31.7 Å². The first-order valence-electron chi connectivity index (χ1n) is 10.5. The number of fused-ring (bicyclic) bond motifs is 2. The Balaban J connectivity index is 1.39. The minimum atomic E-state index is -0.693. The number of carbonyl (C=O) groups is 2. The molecule has 31 heavy (non-hydrogen) atoms. The maximum Gasteiger partial charge on any atom is 0.262 e. The van der Waals surface area contributed by atoms with Gasteiger partial charge in [0.25, 0.3) is 5.91 Å². The normalized spacial score (nSPS) is 13.7. The fourth-order valence-electron chi connectivity index (χ4n) is 4.25. The number of amides is 2. The zero-order valence-corrected chi connectivity index (χ0v) is 17.8. The molecule has 0 fully saturated rings. The van der Waals surface area contributed by atoms with Crippen molar-refractivity contribution in [2.24, 2.45) is 0 Å². The Kier molecular flexibility index (Phi) is 5.30. The van der Waals surface area contributed by atoms with Crippen LogP contribution in [0.15, 0.2) is 66.2 Å². The van der Waals surface area contributed by atoms with E-state index >= 15 is 0 Å². The Bertz CT molecular complexity index is 1240. The zero-order chi connectivity index (χ0) is 21.2. The standard InChI is InChI=1S/C25H23N3O2S/c29-24(27-19-11-10-16-5-3-6-17(16)13-19)22(28-25(30)23-9-4-12-31-23)14-18-15-26-21-8-2-1-7-20(18)21/h1-2,4,7-13,15,22,26H,3,5-6,14H2,(H,27,29)(H,28,30)/t22-/m0/s1. The number of hydrogen-bond acceptors (Lipinski definition) is 3. The lowest BCUT2D eigenvalue weighted by Crippen LogP contribution is -2.45. The number of rotatable bonds is 6. The van der Waals surface area contributed by atoms with Gasteiger partial charge in [-0.25, -0.2) is 0 Å². The first-order chi connectivity index (χ1) is 15.2. The van der Waals surface area contributed by atoms with E-state index < -0.39 is 6.04 Å². The molecule has 0 saturated carbocycles. The van der Waals surface area contributed by atoms with E-state index in [4.69, 9.17) is 0 Å². The molecular weight excluding hydrogens is 406 g/mol. The molecule has 0 saturated heterocycles. The predicted octanol–water partition coefficient (Wildman–Crippen LogP) is 4.70. The Hall–Kier alpha value is -3.38. The van der Waals surface area contributed by atoms with Crippen LogP contribution < -0.4 is 10.6 Å². The quantitative estimate of drug-likeness (QED) is 0.416. The van der Waals surface area contributed by atoms with Crippen LogP contribution in [0.3, 0.4) is 0 Å². The first-order valence-corrected chi connectivity index (χ1v) is 11.4. The highest BCUT2D eigenvalue weighted by molar-refractivity contribution is 7.12. The highest BCUT2D eigenvalue weighted by Crippen LogP contribution is 2.25. The molecule has 2 amide bonds. The topological polar surface area (TPSA) is 74.0 Å². The minimum absolute atomic E-state index is 0.215. The summed E-state index contributed by atoms with van der Waals surface area (Å²) in [5, 5.41) is 8.88. The third-order valence-electron chi connectivity index (χ3n) is 5.83. The molecule has 0 unspecified atom stereocenters. The maximum atomic E-state index is 13.2. The summed E-state index contributed by atoms with van der Waals surface area (Å²) < 4.78 is 0. The van der Waals surface area contributed by atoms with Crippen LogP contribution >= 0.6 is 11.3 Å². The fourth-order valence-corrected chi connectivity index (χ4v) is 4.87. The highest BCUT2D eigenvalue weighted by Gasteiger charge is 2.24. The van der Waals surface area contributed by atoms with Crippen molar-refractivity contribution in [1.82, 2.24) is 10.3 Å². The van der Waals surface area contributed by atoms with Crippen LogP contribution in [0.5, 0.6) is 0 Å². The number of thiophene rings is 1. The van der Waals surface area contributed by atoms with Gasteiger partial charge in [0, 0.05) is 29.2 Å². The number of aryl methyl sites for hydroxylation is 2. The van der Waals surface area contributed by atoms with Gasteiger partial charge in [0.1, 0.15) is 6.04 Å². The SMILES string of the molecule is O=C(N[C@@H](Cc1c[nH]c2ccccc12)C(=O)Nc1ccc2c(c1)CCC2)c1cccs1. The van der Waals surface area contributed by atoms with Gasteiger partial charge in [0.2, 0.25) is 5.91 Å².